The van der Waals surface area contributed by atoms with E-state index in [2.05, 4.69) is 0 Å². The van der Waals surface area contributed by atoms with Crippen LogP contribution in [0.5, 0.6) is 0 Å². The van der Waals surface area contributed by atoms with E-state index in [4.69, 9.17) is 4.74 Å². The Balaban J connectivity index is 2.07. The number of carbonyl (C=O) groups excluding carboxylic acids is 2. The fourth-order valence-electron chi connectivity index (χ4n) is 3.14. The van der Waals surface area contributed by atoms with Crippen molar-refractivity contribution in [1.29, 1.82) is 0 Å². The summed E-state index contributed by atoms with van der Waals surface area (Å²) in [6, 6.07) is 11.8. The average Bonchev–Trinajstić information content (AvgIpc) is 2.71. The van der Waals surface area contributed by atoms with Crippen LogP contribution in [0.3, 0.4) is 0 Å². The number of benzene rings is 2. The topological polar surface area (TPSA) is 46.6 Å². The Morgan fingerprint density at radius 3 is 2.27 bits per heavy atom. The first-order valence-corrected chi connectivity index (χ1v) is 9.82. The van der Waals surface area contributed by atoms with Crippen LogP contribution in [-0.2, 0) is 28.7 Å². The van der Waals surface area contributed by atoms with Gasteiger partial charge in [0.05, 0.1) is 18.1 Å². The molecular formula is C23H26F3NO3. The van der Waals surface area contributed by atoms with Crippen molar-refractivity contribution in [3.05, 3.63) is 70.8 Å². The molecule has 2 aromatic rings. The highest BCUT2D eigenvalue weighted by Gasteiger charge is 2.30. The zero-order chi connectivity index (χ0) is 22.3. The molecule has 0 aliphatic carbocycles. The fourth-order valence-corrected chi connectivity index (χ4v) is 3.14. The van der Waals surface area contributed by atoms with Gasteiger partial charge in [-0.05, 0) is 55.2 Å². The molecule has 7 heteroatoms. The van der Waals surface area contributed by atoms with E-state index in [0.29, 0.717) is 30.6 Å². The van der Waals surface area contributed by atoms with Gasteiger partial charge in [-0.15, -0.1) is 0 Å². The summed E-state index contributed by atoms with van der Waals surface area (Å²) in [5, 5.41) is 0. The Bertz CT molecular complexity index is 863. The van der Waals surface area contributed by atoms with Crippen molar-refractivity contribution in [2.24, 2.45) is 5.92 Å². The molecule has 1 atom stereocenters. The Kier molecular flexibility index (Phi) is 8.03. The number of hydrogen-bond acceptors (Lipinski definition) is 3. The van der Waals surface area contributed by atoms with Crippen LogP contribution in [0.4, 0.5) is 13.2 Å². The number of esters is 1. The summed E-state index contributed by atoms with van der Waals surface area (Å²) in [4.78, 5) is 26.2. The second-order valence-corrected chi connectivity index (χ2v) is 7.12. The maximum absolute atomic E-state index is 12.8. The standard InChI is InChI=1S/C23H26F3NO3/c1-4-18(22(29)30-5-2)13-17-7-6-8-19(14-17)21(28)27(3)15-16-9-11-20(12-10-16)23(24,25)26/h6-12,14,18H,4-5,13,15H2,1-3H3. The summed E-state index contributed by atoms with van der Waals surface area (Å²) in [7, 11) is 1.60. The highest BCUT2D eigenvalue weighted by Crippen LogP contribution is 2.29. The Hall–Kier alpha value is -2.83. The molecule has 0 radical (unpaired) electrons. The molecule has 162 valence electrons. The van der Waals surface area contributed by atoms with Crippen LogP contribution < -0.4 is 0 Å². The molecule has 0 aliphatic heterocycles. The van der Waals surface area contributed by atoms with Crippen LogP contribution in [0.2, 0.25) is 0 Å². The van der Waals surface area contributed by atoms with Crippen molar-refractivity contribution >= 4 is 11.9 Å². The van der Waals surface area contributed by atoms with Gasteiger partial charge in [0.2, 0.25) is 0 Å². The molecule has 30 heavy (non-hydrogen) atoms. The molecule has 0 bridgehead atoms. The summed E-state index contributed by atoms with van der Waals surface area (Å²) in [5.41, 5.74) is 1.19. The van der Waals surface area contributed by atoms with Crippen molar-refractivity contribution in [2.75, 3.05) is 13.7 Å². The highest BCUT2D eigenvalue weighted by molar-refractivity contribution is 5.94. The van der Waals surface area contributed by atoms with E-state index in [1.54, 1.807) is 32.2 Å². The maximum Gasteiger partial charge on any atom is 0.416 e. The summed E-state index contributed by atoms with van der Waals surface area (Å²) < 4.78 is 43.1. The SMILES string of the molecule is CCOC(=O)C(CC)Cc1cccc(C(=O)N(C)Cc2ccc(C(F)(F)F)cc2)c1. The average molecular weight is 421 g/mol. The minimum Gasteiger partial charge on any atom is -0.466 e. The minimum absolute atomic E-state index is 0.182. The zero-order valence-electron chi connectivity index (χ0n) is 17.3. The third-order valence-corrected chi connectivity index (χ3v) is 4.82. The molecule has 0 heterocycles. The Morgan fingerprint density at radius 2 is 1.70 bits per heavy atom. The summed E-state index contributed by atoms with van der Waals surface area (Å²) in [5.74, 6) is -0.780. The molecule has 0 spiro atoms. The monoisotopic (exact) mass is 421 g/mol. The number of alkyl halides is 3. The lowest BCUT2D eigenvalue weighted by molar-refractivity contribution is -0.148. The number of hydrogen-bond donors (Lipinski definition) is 0. The van der Waals surface area contributed by atoms with Gasteiger partial charge in [0.25, 0.3) is 5.91 Å². The van der Waals surface area contributed by atoms with Crippen LogP contribution in [0.25, 0.3) is 0 Å². The van der Waals surface area contributed by atoms with Crippen LogP contribution >= 0.6 is 0 Å². The van der Waals surface area contributed by atoms with Crippen molar-refractivity contribution in [1.82, 2.24) is 4.90 Å². The second kappa shape index (κ2) is 10.3. The number of ether oxygens (including phenoxy) is 1. The van der Waals surface area contributed by atoms with Gasteiger partial charge in [-0.2, -0.15) is 13.2 Å². The second-order valence-electron chi connectivity index (χ2n) is 7.12. The molecule has 0 saturated heterocycles. The van der Waals surface area contributed by atoms with Crippen molar-refractivity contribution in [2.45, 2.75) is 39.4 Å². The van der Waals surface area contributed by atoms with Gasteiger partial charge >= 0.3 is 12.1 Å². The highest BCUT2D eigenvalue weighted by atomic mass is 19.4. The number of rotatable bonds is 8. The van der Waals surface area contributed by atoms with Crippen LogP contribution in [0.1, 0.15) is 47.3 Å². The molecule has 0 N–H and O–H groups in total. The van der Waals surface area contributed by atoms with E-state index >= 15 is 0 Å². The zero-order valence-corrected chi connectivity index (χ0v) is 17.3. The van der Waals surface area contributed by atoms with Gasteiger partial charge in [0.1, 0.15) is 0 Å². The first kappa shape index (κ1) is 23.4. The summed E-state index contributed by atoms with van der Waals surface area (Å²) >= 11 is 0. The molecule has 0 aromatic heterocycles. The normalized spacial score (nSPS) is 12.3. The van der Waals surface area contributed by atoms with Gasteiger partial charge in [-0.3, -0.25) is 9.59 Å². The largest absolute Gasteiger partial charge is 0.466 e. The number of amides is 1. The van der Waals surface area contributed by atoms with E-state index in [9.17, 15) is 22.8 Å². The predicted octanol–water partition coefficient (Wildman–Crippen LogP) is 5.11. The van der Waals surface area contributed by atoms with Gasteiger partial charge < -0.3 is 9.64 Å². The van der Waals surface area contributed by atoms with Crippen LogP contribution in [0, 0.1) is 5.92 Å². The van der Waals surface area contributed by atoms with E-state index in [1.807, 2.05) is 13.0 Å². The molecular weight excluding hydrogens is 395 g/mol. The Labute approximate surface area is 174 Å². The molecule has 0 fully saturated rings. The number of carbonyl (C=O) groups is 2. The van der Waals surface area contributed by atoms with Gasteiger partial charge in [-0.25, -0.2) is 0 Å². The van der Waals surface area contributed by atoms with Crippen LogP contribution in [0.15, 0.2) is 48.5 Å². The van der Waals surface area contributed by atoms with Gasteiger partial charge in [-0.1, -0.05) is 31.2 Å². The Morgan fingerprint density at radius 1 is 1.03 bits per heavy atom. The first-order chi connectivity index (χ1) is 14.2. The van der Waals surface area contributed by atoms with E-state index in [-0.39, 0.29) is 24.3 Å². The lowest BCUT2D eigenvalue weighted by atomic mass is 9.95. The number of nitrogens with zero attached hydrogens (tertiary/aromatic N) is 1. The van der Waals surface area contributed by atoms with Crippen LogP contribution in [-0.4, -0.2) is 30.4 Å². The van der Waals surface area contributed by atoms with Gasteiger partial charge in [0, 0.05) is 19.2 Å². The van der Waals surface area contributed by atoms with Crippen molar-refractivity contribution in [3.8, 4) is 0 Å². The smallest absolute Gasteiger partial charge is 0.416 e. The van der Waals surface area contributed by atoms with Gasteiger partial charge in [0.15, 0.2) is 0 Å². The lowest BCUT2D eigenvalue weighted by Gasteiger charge is -2.19. The maximum atomic E-state index is 12.8. The third kappa shape index (κ3) is 6.34. The first-order valence-electron chi connectivity index (χ1n) is 9.82. The molecule has 1 unspecified atom stereocenters. The van der Waals surface area contributed by atoms with E-state index in [1.165, 1.54) is 17.0 Å². The molecule has 4 nitrogen and oxygen atoms in total. The molecule has 0 aliphatic rings. The number of halogens is 3. The van der Waals surface area contributed by atoms with Crippen molar-refractivity contribution in [3.63, 3.8) is 0 Å². The van der Waals surface area contributed by atoms with E-state index in [0.717, 1.165) is 17.7 Å². The molecule has 2 rings (SSSR count). The third-order valence-electron chi connectivity index (χ3n) is 4.82. The molecule has 1 amide bonds. The fraction of sp³-hybridized carbons (Fsp3) is 0.391. The minimum atomic E-state index is -4.39. The quantitative estimate of drug-likeness (QED) is 0.557. The molecule has 0 saturated carbocycles. The molecule has 2 aromatic carbocycles. The van der Waals surface area contributed by atoms with Crippen molar-refractivity contribution < 1.29 is 27.5 Å². The summed E-state index contributed by atoms with van der Waals surface area (Å²) in [6.45, 7) is 4.18. The summed E-state index contributed by atoms with van der Waals surface area (Å²) in [6.07, 6.45) is -3.29. The van der Waals surface area contributed by atoms with E-state index < -0.39 is 11.7 Å². The lowest BCUT2D eigenvalue weighted by Crippen LogP contribution is -2.26. The predicted molar refractivity (Wildman–Crippen MR) is 108 cm³/mol.